The number of anilines is 1. The van der Waals surface area contributed by atoms with Gasteiger partial charge in [-0.15, -0.1) is 22.0 Å². The summed E-state index contributed by atoms with van der Waals surface area (Å²) >= 11 is 1.67. The van der Waals surface area contributed by atoms with Crippen molar-refractivity contribution in [1.82, 2.24) is 15.2 Å². The summed E-state index contributed by atoms with van der Waals surface area (Å²) in [5, 5.41) is 9.37. The molecule has 0 aliphatic carbocycles. The van der Waals surface area contributed by atoms with E-state index in [2.05, 4.69) is 21.2 Å². The largest absolute Gasteiger partial charge is 0.488 e. The zero-order valence-electron chi connectivity index (χ0n) is 15.7. The van der Waals surface area contributed by atoms with Crippen molar-refractivity contribution in [2.45, 2.75) is 18.4 Å². The Labute approximate surface area is 168 Å². The molecule has 2 aromatic heterocycles. The number of pyridine rings is 1. The summed E-state index contributed by atoms with van der Waals surface area (Å²) in [7, 11) is 0. The van der Waals surface area contributed by atoms with E-state index in [9.17, 15) is 0 Å². The lowest BCUT2D eigenvalue weighted by Gasteiger charge is -2.14. The molecule has 0 radical (unpaired) electrons. The topological polar surface area (TPSA) is 73.9 Å². The van der Waals surface area contributed by atoms with Crippen LogP contribution in [0.4, 0.5) is 5.82 Å². The third-order valence-electron chi connectivity index (χ3n) is 4.47. The van der Waals surface area contributed by atoms with E-state index in [4.69, 9.17) is 10.5 Å². The maximum absolute atomic E-state index is 6.19. The van der Waals surface area contributed by atoms with Gasteiger partial charge >= 0.3 is 0 Å². The van der Waals surface area contributed by atoms with Gasteiger partial charge in [-0.2, -0.15) is 0 Å². The van der Waals surface area contributed by atoms with Crippen LogP contribution in [0.3, 0.4) is 0 Å². The molecule has 0 spiro atoms. The van der Waals surface area contributed by atoms with E-state index in [-0.39, 0.29) is 0 Å². The van der Waals surface area contributed by atoms with Crippen molar-refractivity contribution in [3.63, 3.8) is 0 Å². The van der Waals surface area contributed by atoms with Gasteiger partial charge in [-0.1, -0.05) is 30.3 Å². The first-order chi connectivity index (χ1) is 13.7. The Balaban J connectivity index is 1.81. The first-order valence-corrected chi connectivity index (χ1v) is 10.1. The summed E-state index contributed by atoms with van der Waals surface area (Å²) in [6.07, 6.45) is 2.04. The van der Waals surface area contributed by atoms with Crippen molar-refractivity contribution in [2.75, 3.05) is 12.0 Å². The molecule has 0 bridgehead atoms. The molecule has 0 aliphatic heterocycles. The van der Waals surface area contributed by atoms with Crippen molar-refractivity contribution in [3.8, 4) is 17.0 Å². The summed E-state index contributed by atoms with van der Waals surface area (Å²) in [6, 6.07) is 20.1. The lowest BCUT2D eigenvalue weighted by atomic mass is 10.1. The molecule has 140 valence electrons. The molecular formula is C22H20N4OS. The average Bonchev–Trinajstić information content (AvgIpc) is 2.73. The maximum atomic E-state index is 6.19. The lowest BCUT2D eigenvalue weighted by molar-refractivity contribution is 0.307. The highest BCUT2D eigenvalue weighted by molar-refractivity contribution is 7.98. The predicted octanol–water partition coefficient (Wildman–Crippen LogP) is 4.88. The summed E-state index contributed by atoms with van der Waals surface area (Å²) < 4.78 is 6.19. The predicted molar refractivity (Wildman–Crippen MR) is 114 cm³/mol. The van der Waals surface area contributed by atoms with E-state index < -0.39 is 0 Å². The molecule has 0 unspecified atom stereocenters. The summed E-state index contributed by atoms with van der Waals surface area (Å²) in [4.78, 5) is 5.66. The van der Waals surface area contributed by atoms with Crippen LogP contribution >= 0.6 is 11.8 Å². The van der Waals surface area contributed by atoms with Crippen LogP contribution < -0.4 is 10.5 Å². The minimum atomic E-state index is 0.329. The van der Waals surface area contributed by atoms with Gasteiger partial charge in [-0.25, -0.2) is 4.98 Å². The molecule has 4 aromatic rings. The second-order valence-corrected chi connectivity index (χ2v) is 7.30. The Hall–Kier alpha value is -3.12. The van der Waals surface area contributed by atoms with Crippen molar-refractivity contribution in [3.05, 3.63) is 71.9 Å². The molecule has 2 heterocycles. The minimum absolute atomic E-state index is 0.329. The smallest absolute Gasteiger partial charge is 0.172 e. The first kappa shape index (κ1) is 18.3. The molecule has 2 aromatic carbocycles. The molecular weight excluding hydrogens is 368 g/mol. The maximum Gasteiger partial charge on any atom is 0.172 e. The van der Waals surface area contributed by atoms with E-state index >= 15 is 0 Å². The molecule has 0 atom stereocenters. The summed E-state index contributed by atoms with van der Waals surface area (Å²) in [5.41, 5.74) is 10.3. The van der Waals surface area contributed by atoms with Crippen molar-refractivity contribution in [1.29, 1.82) is 0 Å². The van der Waals surface area contributed by atoms with Crippen LogP contribution in [0, 0.1) is 6.92 Å². The van der Waals surface area contributed by atoms with E-state index in [1.54, 1.807) is 11.8 Å². The Morgan fingerprint density at radius 3 is 2.61 bits per heavy atom. The number of aromatic nitrogens is 3. The monoisotopic (exact) mass is 388 g/mol. The van der Waals surface area contributed by atoms with E-state index in [1.165, 1.54) is 0 Å². The van der Waals surface area contributed by atoms with Crippen molar-refractivity contribution < 1.29 is 4.74 Å². The number of nitrogens with two attached hydrogens (primary N) is 1. The number of hydrogen-bond donors (Lipinski definition) is 1. The van der Waals surface area contributed by atoms with Gasteiger partial charge in [0.2, 0.25) is 0 Å². The fraction of sp³-hybridized carbons (Fsp3) is 0.136. The van der Waals surface area contributed by atoms with Gasteiger partial charge in [0.25, 0.3) is 0 Å². The van der Waals surface area contributed by atoms with E-state index in [1.807, 2.05) is 67.8 Å². The minimum Gasteiger partial charge on any atom is -0.488 e. The Kier molecular flexibility index (Phi) is 5.12. The number of ether oxygens (including phenoxy) is 1. The summed E-state index contributed by atoms with van der Waals surface area (Å²) in [5.74, 6) is 1.09. The molecule has 6 heteroatoms. The molecule has 5 nitrogen and oxygen atoms in total. The highest BCUT2D eigenvalue weighted by Crippen LogP contribution is 2.36. The Morgan fingerprint density at radius 1 is 1.00 bits per heavy atom. The van der Waals surface area contributed by atoms with Crippen LogP contribution in [-0.4, -0.2) is 21.4 Å². The van der Waals surface area contributed by atoms with Gasteiger partial charge in [0.15, 0.2) is 5.82 Å². The zero-order valence-corrected chi connectivity index (χ0v) is 16.5. The van der Waals surface area contributed by atoms with E-state index in [0.717, 1.165) is 32.9 Å². The number of thioether (sulfide) groups is 1. The fourth-order valence-electron chi connectivity index (χ4n) is 3.03. The lowest BCUT2D eigenvalue weighted by Crippen LogP contribution is -2.02. The average molecular weight is 388 g/mol. The number of benzene rings is 2. The number of hydrogen-bond acceptors (Lipinski definition) is 6. The zero-order chi connectivity index (χ0) is 19.5. The highest BCUT2D eigenvalue weighted by atomic mass is 32.2. The molecule has 2 N–H and O–H groups in total. The van der Waals surface area contributed by atoms with Crippen LogP contribution in [0.15, 0.2) is 65.6 Å². The number of rotatable bonds is 5. The molecule has 4 rings (SSSR count). The van der Waals surface area contributed by atoms with Gasteiger partial charge in [-0.05, 0) is 49.1 Å². The molecule has 0 amide bonds. The van der Waals surface area contributed by atoms with Crippen LogP contribution in [0.5, 0.6) is 5.75 Å². The third kappa shape index (κ3) is 3.64. The Bertz CT molecular complexity index is 1130. The van der Waals surface area contributed by atoms with Gasteiger partial charge in [0, 0.05) is 21.5 Å². The fourth-order valence-corrected chi connectivity index (χ4v) is 3.46. The molecule has 0 aliphatic rings. The standard InChI is InChI=1S/C22H20N4OS/c1-14-8-10-18-20(25-26-22(23)21(18)24-14)17-11-9-16(28-2)12-19(17)27-13-15-6-4-3-5-7-15/h3-12H,13H2,1-2H3,(H2,23,26). The van der Waals surface area contributed by atoms with Gasteiger partial charge in [0.1, 0.15) is 23.6 Å². The van der Waals surface area contributed by atoms with Crippen LogP contribution in [0.25, 0.3) is 22.2 Å². The van der Waals surface area contributed by atoms with Crippen molar-refractivity contribution in [2.24, 2.45) is 0 Å². The van der Waals surface area contributed by atoms with E-state index in [0.29, 0.717) is 23.6 Å². The molecule has 0 saturated carbocycles. The van der Waals surface area contributed by atoms with Gasteiger partial charge in [-0.3, -0.25) is 0 Å². The van der Waals surface area contributed by atoms with Crippen LogP contribution in [-0.2, 0) is 6.61 Å². The normalized spacial score (nSPS) is 10.9. The van der Waals surface area contributed by atoms with Gasteiger partial charge < -0.3 is 10.5 Å². The second-order valence-electron chi connectivity index (χ2n) is 6.42. The first-order valence-electron chi connectivity index (χ1n) is 8.90. The highest BCUT2D eigenvalue weighted by Gasteiger charge is 2.16. The molecule has 0 saturated heterocycles. The van der Waals surface area contributed by atoms with Crippen LogP contribution in [0.2, 0.25) is 0 Å². The van der Waals surface area contributed by atoms with Crippen LogP contribution in [0.1, 0.15) is 11.3 Å². The number of nitrogen functional groups attached to an aromatic ring is 1. The van der Waals surface area contributed by atoms with Crippen molar-refractivity contribution >= 4 is 28.5 Å². The molecule has 0 fully saturated rings. The third-order valence-corrected chi connectivity index (χ3v) is 5.20. The summed E-state index contributed by atoms with van der Waals surface area (Å²) in [6.45, 7) is 2.41. The number of fused-ring (bicyclic) bond motifs is 1. The molecule has 28 heavy (non-hydrogen) atoms. The Morgan fingerprint density at radius 2 is 1.82 bits per heavy atom. The SMILES string of the molecule is CSc1ccc(-c2nnc(N)c3nc(C)ccc23)c(OCc2ccccc2)c1. The number of aryl methyl sites for hydroxylation is 1. The van der Waals surface area contributed by atoms with Gasteiger partial charge in [0.05, 0.1) is 0 Å². The number of nitrogens with zero attached hydrogens (tertiary/aromatic N) is 3. The quantitative estimate of drug-likeness (QED) is 0.491. The second kappa shape index (κ2) is 7.86.